The average Bonchev–Trinajstić information content (AvgIpc) is 2.89. The van der Waals surface area contributed by atoms with Gasteiger partial charge in [-0.3, -0.25) is 0 Å². The molecule has 0 saturated carbocycles. The number of benzene rings is 1. The van der Waals surface area contributed by atoms with Gasteiger partial charge in [0.1, 0.15) is 0 Å². The molecular formula is C14H20FNO2. The van der Waals surface area contributed by atoms with E-state index in [2.05, 4.69) is 5.32 Å². The molecule has 1 fully saturated rings. The zero-order valence-electron chi connectivity index (χ0n) is 10.7. The van der Waals surface area contributed by atoms with Crippen molar-refractivity contribution in [2.24, 2.45) is 0 Å². The van der Waals surface area contributed by atoms with Crippen molar-refractivity contribution in [1.29, 1.82) is 0 Å². The summed E-state index contributed by atoms with van der Waals surface area (Å²) in [5.41, 5.74) is 0.889. The molecule has 1 aromatic carbocycles. The van der Waals surface area contributed by atoms with Crippen molar-refractivity contribution in [3.8, 4) is 5.75 Å². The molecule has 18 heavy (non-hydrogen) atoms. The van der Waals surface area contributed by atoms with Crippen LogP contribution >= 0.6 is 0 Å². The topological polar surface area (TPSA) is 30.5 Å². The van der Waals surface area contributed by atoms with Crippen LogP contribution in [-0.2, 0) is 4.74 Å². The lowest BCUT2D eigenvalue weighted by Crippen LogP contribution is -2.09. The number of anilines is 1. The summed E-state index contributed by atoms with van der Waals surface area (Å²) in [4.78, 5) is 0. The second-order valence-corrected chi connectivity index (χ2v) is 4.55. The summed E-state index contributed by atoms with van der Waals surface area (Å²) in [5, 5.41) is 3.27. The van der Waals surface area contributed by atoms with Gasteiger partial charge < -0.3 is 14.8 Å². The maximum Gasteiger partial charge on any atom is 0.165 e. The van der Waals surface area contributed by atoms with E-state index in [4.69, 9.17) is 9.47 Å². The molecule has 0 aliphatic carbocycles. The number of hydrogen-bond acceptors (Lipinski definition) is 3. The molecule has 1 N–H and O–H groups in total. The van der Waals surface area contributed by atoms with Crippen LogP contribution in [0.4, 0.5) is 10.1 Å². The summed E-state index contributed by atoms with van der Waals surface area (Å²) in [5.74, 6) is -0.0541. The highest BCUT2D eigenvalue weighted by Crippen LogP contribution is 2.22. The standard InChI is InChI=1S/C14H20FNO2/c1-17-14-10-11(6-7-13(14)15)16-8-2-4-12-5-3-9-18-12/h6-7,10,12,16H,2-5,8-9H2,1H3. The highest BCUT2D eigenvalue weighted by molar-refractivity contribution is 5.48. The molecule has 100 valence electrons. The fraction of sp³-hybridized carbons (Fsp3) is 0.571. The molecule has 0 amide bonds. The Hall–Kier alpha value is -1.29. The van der Waals surface area contributed by atoms with Gasteiger partial charge in [0.25, 0.3) is 0 Å². The van der Waals surface area contributed by atoms with Gasteiger partial charge in [-0.05, 0) is 37.8 Å². The smallest absolute Gasteiger partial charge is 0.165 e. The lowest BCUT2D eigenvalue weighted by atomic mass is 10.1. The third-order valence-corrected chi connectivity index (χ3v) is 3.21. The van der Waals surface area contributed by atoms with Gasteiger partial charge in [-0.25, -0.2) is 4.39 Å². The van der Waals surface area contributed by atoms with Crippen LogP contribution in [0.1, 0.15) is 25.7 Å². The Morgan fingerprint density at radius 2 is 2.39 bits per heavy atom. The fourth-order valence-electron chi connectivity index (χ4n) is 2.20. The van der Waals surface area contributed by atoms with E-state index in [1.165, 1.54) is 26.0 Å². The molecule has 0 spiro atoms. The van der Waals surface area contributed by atoms with Crippen LogP contribution in [0.15, 0.2) is 18.2 Å². The van der Waals surface area contributed by atoms with E-state index in [0.29, 0.717) is 6.10 Å². The minimum absolute atomic E-state index is 0.277. The van der Waals surface area contributed by atoms with E-state index in [0.717, 1.165) is 31.7 Å². The Morgan fingerprint density at radius 1 is 1.50 bits per heavy atom. The first-order chi connectivity index (χ1) is 8.79. The first-order valence-corrected chi connectivity index (χ1v) is 6.48. The fourth-order valence-corrected chi connectivity index (χ4v) is 2.20. The van der Waals surface area contributed by atoms with Crippen LogP contribution in [0.3, 0.4) is 0 Å². The molecule has 1 aliphatic rings. The Bertz CT molecular complexity index is 378. The minimum Gasteiger partial charge on any atom is -0.494 e. The maximum atomic E-state index is 13.2. The molecule has 0 radical (unpaired) electrons. The van der Waals surface area contributed by atoms with Crippen LogP contribution in [0.25, 0.3) is 0 Å². The molecule has 1 unspecified atom stereocenters. The maximum absolute atomic E-state index is 13.2. The third kappa shape index (κ3) is 3.60. The van der Waals surface area contributed by atoms with Crippen LogP contribution in [0, 0.1) is 5.82 Å². The lowest BCUT2D eigenvalue weighted by Gasteiger charge is -2.11. The van der Waals surface area contributed by atoms with Gasteiger partial charge in [0, 0.05) is 24.9 Å². The zero-order chi connectivity index (χ0) is 12.8. The highest BCUT2D eigenvalue weighted by Gasteiger charge is 2.14. The van der Waals surface area contributed by atoms with Gasteiger partial charge in [0.05, 0.1) is 13.2 Å². The molecule has 0 bridgehead atoms. The van der Waals surface area contributed by atoms with Crippen molar-refractivity contribution in [3.05, 3.63) is 24.0 Å². The van der Waals surface area contributed by atoms with E-state index in [1.54, 1.807) is 12.1 Å². The summed E-state index contributed by atoms with van der Waals surface area (Å²) in [6, 6.07) is 4.83. The molecule has 4 heteroatoms. The third-order valence-electron chi connectivity index (χ3n) is 3.21. The Kier molecular flexibility index (Phi) is 4.81. The second-order valence-electron chi connectivity index (χ2n) is 4.55. The SMILES string of the molecule is COc1cc(NCCCC2CCCO2)ccc1F. The van der Waals surface area contributed by atoms with E-state index in [1.807, 2.05) is 0 Å². The van der Waals surface area contributed by atoms with Crippen LogP contribution < -0.4 is 10.1 Å². The molecule has 1 atom stereocenters. The van der Waals surface area contributed by atoms with Gasteiger partial charge in [0.15, 0.2) is 11.6 Å². The summed E-state index contributed by atoms with van der Waals surface area (Å²) in [6.07, 6.45) is 4.96. The second kappa shape index (κ2) is 6.59. The summed E-state index contributed by atoms with van der Waals surface area (Å²) in [7, 11) is 1.47. The van der Waals surface area contributed by atoms with Crippen molar-refractivity contribution in [2.75, 3.05) is 25.6 Å². The molecule has 1 saturated heterocycles. The predicted octanol–water partition coefficient (Wildman–Crippen LogP) is 3.21. The number of hydrogen-bond donors (Lipinski definition) is 1. The number of halogens is 1. The quantitative estimate of drug-likeness (QED) is 0.790. The molecule has 1 aromatic rings. The molecule has 3 nitrogen and oxygen atoms in total. The van der Waals surface area contributed by atoms with Crippen molar-refractivity contribution >= 4 is 5.69 Å². The molecule has 1 aliphatic heterocycles. The molecule has 2 rings (SSSR count). The van der Waals surface area contributed by atoms with E-state index in [-0.39, 0.29) is 11.6 Å². The Balaban J connectivity index is 1.72. The summed E-state index contributed by atoms with van der Waals surface area (Å²) < 4.78 is 23.7. The summed E-state index contributed by atoms with van der Waals surface area (Å²) >= 11 is 0. The van der Waals surface area contributed by atoms with Gasteiger partial charge in [-0.2, -0.15) is 0 Å². The van der Waals surface area contributed by atoms with E-state index < -0.39 is 0 Å². The zero-order valence-corrected chi connectivity index (χ0v) is 10.7. The van der Waals surface area contributed by atoms with Gasteiger partial charge >= 0.3 is 0 Å². The normalized spacial score (nSPS) is 18.9. The Morgan fingerprint density at radius 3 is 3.11 bits per heavy atom. The van der Waals surface area contributed by atoms with Crippen LogP contribution in [-0.4, -0.2) is 26.4 Å². The number of ether oxygens (including phenoxy) is 2. The average molecular weight is 253 g/mol. The van der Waals surface area contributed by atoms with Crippen LogP contribution in [0.5, 0.6) is 5.75 Å². The lowest BCUT2D eigenvalue weighted by molar-refractivity contribution is 0.103. The van der Waals surface area contributed by atoms with Crippen molar-refractivity contribution in [1.82, 2.24) is 0 Å². The number of methoxy groups -OCH3 is 1. The van der Waals surface area contributed by atoms with Crippen LogP contribution in [0.2, 0.25) is 0 Å². The monoisotopic (exact) mass is 253 g/mol. The first-order valence-electron chi connectivity index (χ1n) is 6.48. The van der Waals surface area contributed by atoms with E-state index in [9.17, 15) is 4.39 Å². The predicted molar refractivity (Wildman–Crippen MR) is 69.6 cm³/mol. The van der Waals surface area contributed by atoms with Crippen molar-refractivity contribution < 1.29 is 13.9 Å². The molecule has 0 aromatic heterocycles. The summed E-state index contributed by atoms with van der Waals surface area (Å²) in [6.45, 7) is 1.78. The largest absolute Gasteiger partial charge is 0.494 e. The molecule has 1 heterocycles. The van der Waals surface area contributed by atoms with Crippen molar-refractivity contribution in [2.45, 2.75) is 31.8 Å². The van der Waals surface area contributed by atoms with E-state index >= 15 is 0 Å². The number of nitrogens with one attached hydrogen (secondary N) is 1. The first kappa shape index (κ1) is 13.1. The van der Waals surface area contributed by atoms with Gasteiger partial charge in [-0.15, -0.1) is 0 Å². The van der Waals surface area contributed by atoms with Crippen molar-refractivity contribution in [3.63, 3.8) is 0 Å². The number of rotatable bonds is 6. The minimum atomic E-state index is -0.331. The van der Waals surface area contributed by atoms with Gasteiger partial charge in [-0.1, -0.05) is 0 Å². The Labute approximate surface area is 107 Å². The van der Waals surface area contributed by atoms with Gasteiger partial charge in [0.2, 0.25) is 0 Å². The molecular weight excluding hydrogens is 233 g/mol. The highest BCUT2D eigenvalue weighted by atomic mass is 19.1.